The number of esters is 1. The molecule has 0 spiro atoms. The smallest absolute Gasteiger partial charge is 0.410 e. The molecule has 1 aliphatic heterocycles. The van der Waals surface area contributed by atoms with E-state index in [9.17, 15) is 19.1 Å². The van der Waals surface area contributed by atoms with Crippen LogP contribution in [0.2, 0.25) is 0 Å². The summed E-state index contributed by atoms with van der Waals surface area (Å²) >= 11 is 0. The Morgan fingerprint density at radius 3 is 2.47 bits per heavy atom. The molecule has 1 saturated heterocycles. The fourth-order valence-electron chi connectivity index (χ4n) is 1.92. The zero-order chi connectivity index (χ0) is 14.8. The van der Waals surface area contributed by atoms with Gasteiger partial charge in [0.05, 0.1) is 26.3 Å². The molecule has 19 heavy (non-hydrogen) atoms. The van der Waals surface area contributed by atoms with Gasteiger partial charge in [0.15, 0.2) is 0 Å². The normalized spacial score (nSPS) is 27.9. The Morgan fingerprint density at radius 2 is 2.00 bits per heavy atom. The maximum absolute atomic E-state index is 14.4. The summed E-state index contributed by atoms with van der Waals surface area (Å²) in [4.78, 5) is 24.2. The Kier molecular flexibility index (Phi) is 4.39. The van der Waals surface area contributed by atoms with Crippen molar-refractivity contribution in [3.63, 3.8) is 0 Å². The number of hydrogen-bond donors (Lipinski definition) is 1. The number of carbonyl (C=O) groups excluding carboxylic acids is 2. The zero-order valence-electron chi connectivity index (χ0n) is 11.6. The van der Waals surface area contributed by atoms with Crippen LogP contribution in [0.5, 0.6) is 0 Å². The highest BCUT2D eigenvalue weighted by molar-refractivity contribution is 5.81. The van der Waals surface area contributed by atoms with Gasteiger partial charge in [-0.25, -0.2) is 14.0 Å². The Hall–Kier alpha value is -1.37. The van der Waals surface area contributed by atoms with Crippen LogP contribution in [-0.2, 0) is 14.3 Å². The van der Waals surface area contributed by atoms with Crippen molar-refractivity contribution in [3.8, 4) is 0 Å². The summed E-state index contributed by atoms with van der Waals surface area (Å²) in [7, 11) is 1.06. The van der Waals surface area contributed by atoms with Gasteiger partial charge in [-0.1, -0.05) is 0 Å². The van der Waals surface area contributed by atoms with E-state index in [0.29, 0.717) is 0 Å². The van der Waals surface area contributed by atoms with E-state index in [4.69, 9.17) is 4.74 Å². The number of alkyl halides is 1. The molecule has 0 saturated carbocycles. The van der Waals surface area contributed by atoms with Crippen molar-refractivity contribution in [2.75, 3.05) is 20.2 Å². The van der Waals surface area contributed by atoms with Crippen LogP contribution in [0.4, 0.5) is 9.18 Å². The van der Waals surface area contributed by atoms with Crippen molar-refractivity contribution >= 4 is 12.1 Å². The third kappa shape index (κ3) is 4.05. The lowest BCUT2D eigenvalue weighted by molar-refractivity contribution is -0.162. The van der Waals surface area contributed by atoms with E-state index in [1.165, 1.54) is 0 Å². The number of aliphatic hydroxyl groups is 1. The van der Waals surface area contributed by atoms with E-state index in [1.807, 2.05) is 0 Å². The Labute approximate surface area is 111 Å². The number of halogens is 1. The number of likely N-dealkylation sites (tertiary alicyclic amines) is 1. The first kappa shape index (κ1) is 15.7. The van der Waals surface area contributed by atoms with E-state index in [-0.39, 0.29) is 13.0 Å². The predicted molar refractivity (Wildman–Crippen MR) is 64.3 cm³/mol. The summed E-state index contributed by atoms with van der Waals surface area (Å²) in [5.74, 6) is -1.10. The first-order chi connectivity index (χ1) is 8.57. The molecule has 1 aliphatic rings. The van der Waals surface area contributed by atoms with Gasteiger partial charge in [0.2, 0.25) is 5.67 Å². The highest BCUT2D eigenvalue weighted by atomic mass is 19.1. The molecular formula is C12H20FNO5. The number of rotatable bonds is 1. The summed E-state index contributed by atoms with van der Waals surface area (Å²) in [6.07, 6.45) is -2.29. The Balaban J connectivity index is 2.81. The predicted octanol–water partition coefficient (Wildman–Crippen LogP) is 0.869. The third-order valence-corrected chi connectivity index (χ3v) is 2.63. The van der Waals surface area contributed by atoms with Crippen LogP contribution in [0.15, 0.2) is 0 Å². The first-order valence-corrected chi connectivity index (χ1v) is 6.01. The lowest BCUT2D eigenvalue weighted by atomic mass is 9.93. The number of aliphatic hydroxyl groups excluding tert-OH is 1. The highest BCUT2D eigenvalue weighted by Crippen LogP contribution is 2.28. The summed E-state index contributed by atoms with van der Waals surface area (Å²) in [6.45, 7) is 4.47. The van der Waals surface area contributed by atoms with Gasteiger partial charge in [-0.15, -0.1) is 0 Å². The van der Waals surface area contributed by atoms with Crippen molar-refractivity contribution in [1.82, 2.24) is 4.90 Å². The fraction of sp³-hybridized carbons (Fsp3) is 0.833. The molecule has 1 fully saturated rings. The molecular weight excluding hydrogens is 257 g/mol. The molecule has 0 radical (unpaired) electrons. The zero-order valence-corrected chi connectivity index (χ0v) is 11.6. The minimum Gasteiger partial charge on any atom is -0.467 e. The van der Waals surface area contributed by atoms with Crippen LogP contribution in [0.3, 0.4) is 0 Å². The highest BCUT2D eigenvalue weighted by Gasteiger charge is 2.48. The molecule has 1 N–H and O–H groups in total. The minimum atomic E-state index is -2.40. The van der Waals surface area contributed by atoms with Crippen LogP contribution in [0.25, 0.3) is 0 Å². The van der Waals surface area contributed by atoms with Crippen LogP contribution in [0, 0.1) is 0 Å². The van der Waals surface area contributed by atoms with Crippen LogP contribution < -0.4 is 0 Å². The molecule has 0 aliphatic carbocycles. The van der Waals surface area contributed by atoms with Crippen molar-refractivity contribution in [3.05, 3.63) is 0 Å². The van der Waals surface area contributed by atoms with E-state index in [1.54, 1.807) is 20.8 Å². The number of amides is 1. The van der Waals surface area contributed by atoms with Crippen LogP contribution in [-0.4, -0.2) is 59.6 Å². The van der Waals surface area contributed by atoms with E-state index in [0.717, 1.165) is 12.0 Å². The van der Waals surface area contributed by atoms with Gasteiger partial charge < -0.3 is 19.5 Å². The molecule has 1 rings (SSSR count). The van der Waals surface area contributed by atoms with Crippen molar-refractivity contribution < 1.29 is 28.6 Å². The average molecular weight is 277 g/mol. The molecule has 6 nitrogen and oxygen atoms in total. The second-order valence-corrected chi connectivity index (χ2v) is 5.68. The molecule has 7 heteroatoms. The summed E-state index contributed by atoms with van der Waals surface area (Å²) in [5.41, 5.74) is -3.13. The molecule has 2 atom stereocenters. The minimum absolute atomic E-state index is 0.0718. The summed E-state index contributed by atoms with van der Waals surface area (Å²) < 4.78 is 23.8. The van der Waals surface area contributed by atoms with Crippen LogP contribution in [0.1, 0.15) is 27.2 Å². The molecule has 0 aromatic rings. The largest absolute Gasteiger partial charge is 0.467 e. The molecule has 0 bridgehead atoms. The Bertz CT molecular complexity index is 368. The lowest BCUT2D eigenvalue weighted by Crippen LogP contribution is -2.57. The number of piperidine rings is 1. The van der Waals surface area contributed by atoms with Gasteiger partial charge in [0, 0.05) is 6.42 Å². The van der Waals surface area contributed by atoms with Gasteiger partial charge in [-0.3, -0.25) is 0 Å². The van der Waals surface area contributed by atoms with Gasteiger partial charge in [0.1, 0.15) is 5.60 Å². The molecule has 0 aromatic heterocycles. The van der Waals surface area contributed by atoms with E-state index < -0.39 is 36.0 Å². The summed E-state index contributed by atoms with van der Waals surface area (Å²) in [6, 6.07) is 0. The summed E-state index contributed by atoms with van der Waals surface area (Å²) in [5, 5.41) is 9.61. The molecule has 1 heterocycles. The fourth-order valence-corrected chi connectivity index (χ4v) is 1.92. The van der Waals surface area contributed by atoms with Gasteiger partial charge >= 0.3 is 12.1 Å². The maximum Gasteiger partial charge on any atom is 0.410 e. The number of nitrogens with zero attached hydrogens (tertiary/aromatic N) is 1. The Morgan fingerprint density at radius 1 is 1.42 bits per heavy atom. The van der Waals surface area contributed by atoms with Crippen LogP contribution >= 0.6 is 0 Å². The van der Waals surface area contributed by atoms with Crippen molar-refractivity contribution in [2.24, 2.45) is 0 Å². The first-order valence-electron chi connectivity index (χ1n) is 6.01. The van der Waals surface area contributed by atoms with Crippen molar-refractivity contribution in [2.45, 2.75) is 44.6 Å². The number of hydrogen-bond acceptors (Lipinski definition) is 5. The number of carbonyl (C=O) groups is 2. The number of methoxy groups -OCH3 is 1. The third-order valence-electron chi connectivity index (χ3n) is 2.63. The number of β-amino-alcohol motifs (C(OH)–C–C–N with tert-alkyl or cyclic N) is 1. The second kappa shape index (κ2) is 5.32. The average Bonchev–Trinajstić information content (AvgIpc) is 2.24. The quantitative estimate of drug-likeness (QED) is 0.720. The maximum atomic E-state index is 14.4. The molecule has 0 unspecified atom stereocenters. The molecule has 110 valence electrons. The molecule has 1 amide bonds. The standard InChI is InChI=1S/C12H20FNO5/c1-11(2,3)19-10(17)14-6-8(15)5-12(13,7-14)9(16)18-4/h8,15H,5-7H2,1-4H3/t8-,12-/m0/s1. The van der Waals surface area contributed by atoms with E-state index >= 15 is 0 Å². The second-order valence-electron chi connectivity index (χ2n) is 5.68. The van der Waals surface area contributed by atoms with Gasteiger partial charge in [0.25, 0.3) is 0 Å². The SMILES string of the molecule is COC(=O)[C@]1(F)C[C@H](O)CN(C(=O)OC(C)(C)C)C1. The monoisotopic (exact) mass is 277 g/mol. The lowest BCUT2D eigenvalue weighted by Gasteiger charge is -2.38. The van der Waals surface area contributed by atoms with Crippen molar-refractivity contribution in [1.29, 1.82) is 0 Å². The topological polar surface area (TPSA) is 76.1 Å². The molecule has 0 aromatic carbocycles. The van der Waals surface area contributed by atoms with E-state index in [2.05, 4.69) is 4.74 Å². The number of ether oxygens (including phenoxy) is 2. The van der Waals surface area contributed by atoms with Gasteiger partial charge in [-0.2, -0.15) is 0 Å². The van der Waals surface area contributed by atoms with Gasteiger partial charge in [-0.05, 0) is 20.8 Å².